The van der Waals surface area contributed by atoms with Crippen LogP contribution in [0, 0.1) is 11.6 Å². The molecule has 0 saturated heterocycles. The summed E-state index contributed by atoms with van der Waals surface area (Å²) in [5.74, 6) is -2.75. The highest BCUT2D eigenvalue weighted by molar-refractivity contribution is 5.96. The third-order valence-corrected chi connectivity index (χ3v) is 4.86. The van der Waals surface area contributed by atoms with Gasteiger partial charge < -0.3 is 10.6 Å². The molecule has 0 radical (unpaired) electrons. The molecule has 1 aliphatic carbocycles. The van der Waals surface area contributed by atoms with Crippen molar-refractivity contribution in [2.24, 2.45) is 10.9 Å². The zero-order chi connectivity index (χ0) is 19.9. The van der Waals surface area contributed by atoms with Crippen molar-refractivity contribution in [1.29, 1.82) is 0 Å². The summed E-state index contributed by atoms with van der Waals surface area (Å²) in [5.41, 5.74) is 7.13. The minimum Gasteiger partial charge on any atom is -0.381 e. The van der Waals surface area contributed by atoms with Crippen LogP contribution in [-0.2, 0) is 4.84 Å². The molecule has 2 aromatic carbocycles. The van der Waals surface area contributed by atoms with Gasteiger partial charge in [0.15, 0.2) is 5.84 Å². The monoisotopic (exact) mass is 384 g/mol. The Labute approximate surface area is 162 Å². The quantitative estimate of drug-likeness (QED) is 0.335. The molecule has 3 rings (SSSR count). The molecule has 28 heavy (non-hydrogen) atoms. The number of carbonyl (C=O) groups excluding carboxylic acids is 1. The van der Waals surface area contributed by atoms with E-state index < -0.39 is 23.2 Å². The van der Waals surface area contributed by atoms with E-state index in [0.717, 1.165) is 23.8 Å². The van der Waals surface area contributed by atoms with Crippen LogP contribution in [0.25, 0.3) is 6.08 Å². The van der Waals surface area contributed by atoms with Crippen LogP contribution in [0.2, 0.25) is 0 Å². The van der Waals surface area contributed by atoms with Gasteiger partial charge in [0.25, 0.3) is 0 Å². The van der Waals surface area contributed by atoms with E-state index >= 15 is 0 Å². The first-order chi connectivity index (χ1) is 13.5. The number of nitrogens with zero attached hydrogens (tertiary/aromatic N) is 1. The van der Waals surface area contributed by atoms with Crippen LogP contribution in [0.15, 0.2) is 53.7 Å². The van der Waals surface area contributed by atoms with Gasteiger partial charge in [-0.2, -0.15) is 0 Å². The maximum Gasteiger partial charge on any atom is 0.371 e. The van der Waals surface area contributed by atoms with E-state index in [1.807, 2.05) is 12.1 Å². The number of carbonyl (C=O) groups is 1. The lowest BCUT2D eigenvalue weighted by Gasteiger charge is -2.21. The number of benzene rings is 2. The third kappa shape index (κ3) is 5.03. The highest BCUT2D eigenvalue weighted by Crippen LogP contribution is 2.32. The molecule has 1 fully saturated rings. The van der Waals surface area contributed by atoms with E-state index in [1.165, 1.54) is 43.7 Å². The zero-order valence-corrected chi connectivity index (χ0v) is 15.4. The Morgan fingerprint density at radius 3 is 2.32 bits per heavy atom. The van der Waals surface area contributed by atoms with Gasteiger partial charge in [0, 0.05) is 0 Å². The number of halogens is 2. The number of hydrogen-bond donors (Lipinski definition) is 1. The summed E-state index contributed by atoms with van der Waals surface area (Å²) in [6.45, 7) is 0. The van der Waals surface area contributed by atoms with E-state index in [0.29, 0.717) is 5.92 Å². The van der Waals surface area contributed by atoms with Crippen molar-refractivity contribution in [3.05, 3.63) is 76.9 Å². The number of nitrogens with two attached hydrogens (primary N) is 1. The molecule has 1 saturated carbocycles. The zero-order valence-electron chi connectivity index (χ0n) is 15.4. The van der Waals surface area contributed by atoms with Gasteiger partial charge in [-0.3, -0.25) is 0 Å². The summed E-state index contributed by atoms with van der Waals surface area (Å²) in [6, 6.07) is 11.3. The molecule has 0 heterocycles. The smallest absolute Gasteiger partial charge is 0.371 e. The van der Waals surface area contributed by atoms with Crippen molar-refractivity contribution in [2.75, 3.05) is 0 Å². The van der Waals surface area contributed by atoms with Crippen molar-refractivity contribution in [1.82, 2.24) is 0 Å². The summed E-state index contributed by atoms with van der Waals surface area (Å²) in [4.78, 5) is 16.3. The molecule has 4 nitrogen and oxygen atoms in total. The molecule has 0 atom stereocenters. The van der Waals surface area contributed by atoms with E-state index in [-0.39, 0.29) is 5.84 Å². The van der Waals surface area contributed by atoms with Crippen molar-refractivity contribution in [2.45, 2.75) is 38.0 Å². The average Bonchev–Trinajstić information content (AvgIpc) is 2.71. The molecule has 2 aromatic rings. The largest absolute Gasteiger partial charge is 0.381 e. The van der Waals surface area contributed by atoms with Crippen LogP contribution in [0.5, 0.6) is 0 Å². The first kappa shape index (κ1) is 19.7. The van der Waals surface area contributed by atoms with E-state index in [1.54, 1.807) is 6.08 Å². The number of oxime groups is 1. The van der Waals surface area contributed by atoms with Gasteiger partial charge in [-0.15, -0.1) is 0 Å². The van der Waals surface area contributed by atoms with Crippen molar-refractivity contribution in [3.63, 3.8) is 0 Å². The van der Waals surface area contributed by atoms with Gasteiger partial charge in [-0.25, -0.2) is 13.6 Å². The van der Waals surface area contributed by atoms with E-state index in [4.69, 9.17) is 5.73 Å². The third-order valence-electron chi connectivity index (χ3n) is 4.86. The molecular weight excluding hydrogens is 362 g/mol. The lowest BCUT2D eigenvalue weighted by Crippen LogP contribution is -2.12. The highest BCUT2D eigenvalue weighted by atomic mass is 19.1. The molecule has 0 aromatic heterocycles. The molecule has 0 spiro atoms. The lowest BCUT2D eigenvalue weighted by molar-refractivity contribution is 0.0505. The SMILES string of the molecule is NC(C=Cc1ccc(C2CCCCC2)cc1)=NOC(=O)c1c(F)cccc1F. The summed E-state index contributed by atoms with van der Waals surface area (Å²) in [7, 11) is 0. The van der Waals surface area contributed by atoms with E-state index in [2.05, 4.69) is 22.1 Å². The van der Waals surface area contributed by atoms with Crippen molar-refractivity contribution >= 4 is 17.9 Å². The molecule has 2 N–H and O–H groups in total. The van der Waals surface area contributed by atoms with E-state index in [9.17, 15) is 13.6 Å². The topological polar surface area (TPSA) is 64.7 Å². The summed E-state index contributed by atoms with van der Waals surface area (Å²) >= 11 is 0. The maximum absolute atomic E-state index is 13.5. The van der Waals surface area contributed by atoms with Gasteiger partial charge in [-0.05, 0) is 48.1 Å². The van der Waals surface area contributed by atoms with Gasteiger partial charge in [0.1, 0.15) is 17.2 Å². The first-order valence-corrected chi connectivity index (χ1v) is 9.31. The van der Waals surface area contributed by atoms with Crippen molar-refractivity contribution < 1.29 is 18.4 Å². The Kier molecular flexibility index (Phi) is 6.53. The molecule has 0 amide bonds. The second-order valence-electron chi connectivity index (χ2n) is 6.83. The molecule has 1 aliphatic rings. The Morgan fingerprint density at radius 1 is 1.04 bits per heavy atom. The summed E-state index contributed by atoms with van der Waals surface area (Å²) in [5, 5.41) is 3.41. The average molecular weight is 384 g/mol. The van der Waals surface area contributed by atoms with Crippen molar-refractivity contribution in [3.8, 4) is 0 Å². The molecule has 0 unspecified atom stereocenters. The number of amidine groups is 1. The predicted molar refractivity (Wildman–Crippen MR) is 105 cm³/mol. The van der Waals surface area contributed by atoms with Crippen LogP contribution in [0.3, 0.4) is 0 Å². The normalized spacial score (nSPS) is 15.7. The standard InChI is InChI=1S/C22H22F2N2O2/c23-18-7-4-8-19(24)21(18)22(27)28-26-20(25)14-11-15-9-12-17(13-10-15)16-5-2-1-3-6-16/h4,7-14,16H,1-3,5-6H2,(H2,25,26). The number of rotatable bonds is 5. The minimum atomic E-state index is -1.25. The highest BCUT2D eigenvalue weighted by Gasteiger charge is 2.19. The van der Waals surface area contributed by atoms with Gasteiger partial charge >= 0.3 is 5.97 Å². The van der Waals surface area contributed by atoms with Gasteiger partial charge in [0.2, 0.25) is 0 Å². The van der Waals surface area contributed by atoms with Crippen LogP contribution < -0.4 is 5.73 Å². The minimum absolute atomic E-state index is 0.0959. The maximum atomic E-state index is 13.5. The first-order valence-electron chi connectivity index (χ1n) is 9.31. The van der Waals surface area contributed by atoms with Gasteiger partial charge in [-0.1, -0.05) is 60.8 Å². The molecular formula is C22H22F2N2O2. The van der Waals surface area contributed by atoms with Gasteiger partial charge in [0.05, 0.1) is 0 Å². The summed E-state index contributed by atoms with van der Waals surface area (Å²) < 4.78 is 27.1. The van der Waals surface area contributed by atoms with Crippen LogP contribution in [0.4, 0.5) is 8.78 Å². The fourth-order valence-electron chi connectivity index (χ4n) is 3.36. The van der Waals surface area contributed by atoms with Crippen LogP contribution in [-0.4, -0.2) is 11.8 Å². The number of hydrogen-bond acceptors (Lipinski definition) is 3. The second kappa shape index (κ2) is 9.26. The van der Waals surface area contributed by atoms with Crippen LogP contribution in [0.1, 0.15) is 59.5 Å². The fraction of sp³-hybridized carbons (Fsp3) is 0.273. The fourth-order valence-corrected chi connectivity index (χ4v) is 3.36. The Bertz CT molecular complexity index is 866. The predicted octanol–water partition coefficient (Wildman–Crippen LogP) is 5.15. The summed E-state index contributed by atoms with van der Waals surface area (Å²) in [6.07, 6.45) is 9.56. The lowest BCUT2D eigenvalue weighted by atomic mass is 9.84. The molecule has 146 valence electrons. The molecule has 0 bridgehead atoms. The second-order valence-corrected chi connectivity index (χ2v) is 6.83. The molecule has 0 aliphatic heterocycles. The molecule has 6 heteroatoms. The Balaban J connectivity index is 1.59. The van der Waals surface area contributed by atoms with Crippen LogP contribution >= 0.6 is 0 Å². The Morgan fingerprint density at radius 2 is 1.68 bits per heavy atom. The Hall–Kier alpha value is -3.02.